The summed E-state index contributed by atoms with van der Waals surface area (Å²) in [5.41, 5.74) is 0. The Balaban J connectivity index is 2.44. The molecule has 13 heavy (non-hydrogen) atoms. The van der Waals surface area contributed by atoms with E-state index in [-0.39, 0.29) is 0 Å². The molecule has 0 spiro atoms. The van der Waals surface area contributed by atoms with Crippen LogP contribution in [0.5, 0.6) is 0 Å². The molecule has 0 aromatic heterocycles. The van der Waals surface area contributed by atoms with Crippen molar-refractivity contribution in [3.63, 3.8) is 0 Å². The summed E-state index contributed by atoms with van der Waals surface area (Å²) in [6, 6.07) is -1.04. The number of hydrogen-bond donors (Lipinski definition) is 2. The third-order valence-electron chi connectivity index (χ3n) is 1.68. The van der Waals surface area contributed by atoms with Gasteiger partial charge in [0.15, 0.2) is 6.10 Å². The van der Waals surface area contributed by atoms with Gasteiger partial charge in [-0.15, -0.1) is 0 Å². The van der Waals surface area contributed by atoms with Crippen LogP contribution in [0.2, 0.25) is 0 Å². The Hall–Kier alpha value is -0.820. The third-order valence-corrected chi connectivity index (χ3v) is 1.68. The van der Waals surface area contributed by atoms with Crippen LogP contribution in [0.1, 0.15) is 0 Å². The average molecular weight is 199 g/mol. The van der Waals surface area contributed by atoms with Crippen LogP contribution in [0.3, 0.4) is 0 Å². The Bertz CT molecular complexity index is 198. The van der Waals surface area contributed by atoms with E-state index in [0.29, 0.717) is 0 Å². The highest BCUT2D eigenvalue weighted by Crippen LogP contribution is 2.24. The molecule has 1 fully saturated rings. The maximum Gasteiger partial charge on any atom is 0.415 e. The number of hydrogen-bond acceptors (Lipinski definition) is 3. The zero-order valence-corrected chi connectivity index (χ0v) is 6.47. The summed E-state index contributed by atoms with van der Waals surface area (Å²) in [7, 11) is 0. The van der Waals surface area contributed by atoms with Crippen LogP contribution in [0.15, 0.2) is 0 Å². The third kappa shape index (κ3) is 2.56. The molecule has 0 bridgehead atoms. The molecule has 0 radical (unpaired) electrons. The minimum atomic E-state index is -4.43. The molecule has 1 aliphatic heterocycles. The van der Waals surface area contributed by atoms with Gasteiger partial charge in [0.2, 0.25) is 0 Å². The molecule has 2 atom stereocenters. The summed E-state index contributed by atoms with van der Waals surface area (Å²) < 4.78 is 40.2. The normalized spacial score (nSPS) is 30.1. The van der Waals surface area contributed by atoms with E-state index in [0.717, 1.165) is 0 Å². The Morgan fingerprint density at radius 2 is 2.15 bits per heavy atom. The first-order valence-corrected chi connectivity index (χ1v) is 3.56. The lowest BCUT2D eigenvalue weighted by Gasteiger charge is -2.29. The molecule has 1 saturated heterocycles. The number of carbonyl (C=O) groups is 1. The number of aliphatic carboxylic acids is 1. The number of carboxylic acids is 1. The number of carboxylic acid groups (broad SMARTS) is 1. The molecule has 76 valence electrons. The molecule has 0 amide bonds. The second-order valence-electron chi connectivity index (χ2n) is 2.66. The van der Waals surface area contributed by atoms with Gasteiger partial charge in [-0.3, -0.25) is 10.1 Å². The number of ether oxygens (including phenoxy) is 1. The van der Waals surface area contributed by atoms with Crippen LogP contribution in [0, 0.1) is 0 Å². The lowest BCUT2D eigenvalue weighted by atomic mass is 10.2. The minimum absolute atomic E-state index is 0.459. The predicted octanol–water partition coefficient (Wildman–Crippen LogP) is -0.00970. The Morgan fingerprint density at radius 3 is 2.46 bits per heavy atom. The van der Waals surface area contributed by atoms with E-state index in [9.17, 15) is 18.0 Å². The Labute approximate surface area is 71.7 Å². The molecule has 0 aliphatic carbocycles. The molecular weight excluding hydrogens is 191 g/mol. The fraction of sp³-hybridized carbons (Fsp3) is 0.833. The summed E-state index contributed by atoms with van der Waals surface area (Å²) >= 11 is 0. The molecule has 7 heteroatoms. The zero-order chi connectivity index (χ0) is 10.1. The van der Waals surface area contributed by atoms with Gasteiger partial charge in [-0.05, 0) is 0 Å². The van der Waals surface area contributed by atoms with Crippen LogP contribution in [-0.4, -0.2) is 42.5 Å². The molecule has 4 nitrogen and oxygen atoms in total. The van der Waals surface area contributed by atoms with Gasteiger partial charge in [-0.25, -0.2) is 0 Å². The van der Waals surface area contributed by atoms with Gasteiger partial charge in [0.25, 0.3) is 0 Å². The smallest absolute Gasteiger partial charge is 0.415 e. The highest BCUT2D eigenvalue weighted by Gasteiger charge is 2.43. The lowest BCUT2D eigenvalue weighted by molar-refractivity contribution is -0.229. The molecular formula is C6H8F3NO3. The quantitative estimate of drug-likeness (QED) is 0.623. The maximum absolute atomic E-state index is 12.0. The molecule has 1 heterocycles. The predicted molar refractivity (Wildman–Crippen MR) is 35.2 cm³/mol. The largest absolute Gasteiger partial charge is 0.480 e. The summed E-state index contributed by atoms with van der Waals surface area (Å²) in [5, 5.41) is 10.6. The number of morpholine rings is 1. The molecule has 2 unspecified atom stereocenters. The van der Waals surface area contributed by atoms with Gasteiger partial charge < -0.3 is 9.84 Å². The lowest BCUT2D eigenvalue weighted by Crippen LogP contribution is -2.54. The van der Waals surface area contributed by atoms with Gasteiger partial charge in [-0.2, -0.15) is 13.2 Å². The van der Waals surface area contributed by atoms with Crippen molar-refractivity contribution in [2.45, 2.75) is 18.3 Å². The van der Waals surface area contributed by atoms with Crippen LogP contribution in [0.25, 0.3) is 0 Å². The van der Waals surface area contributed by atoms with Crippen molar-refractivity contribution in [3.8, 4) is 0 Å². The number of halogens is 3. The van der Waals surface area contributed by atoms with E-state index in [2.05, 4.69) is 10.1 Å². The fourth-order valence-electron chi connectivity index (χ4n) is 0.948. The standard InChI is InChI=1S/C6H8F3NO3/c7-6(8,9)4-1-10-3(2-13-4)5(11)12/h3-4,10H,1-2H2,(H,11,12). The molecule has 2 N–H and O–H groups in total. The molecule has 0 saturated carbocycles. The van der Waals surface area contributed by atoms with E-state index < -0.39 is 37.4 Å². The Kier molecular flexibility index (Phi) is 2.77. The SMILES string of the molecule is O=C(O)C1COC(C(F)(F)F)CN1. The van der Waals surface area contributed by atoms with E-state index >= 15 is 0 Å². The van der Waals surface area contributed by atoms with Crippen molar-refractivity contribution in [3.05, 3.63) is 0 Å². The van der Waals surface area contributed by atoms with Gasteiger partial charge >= 0.3 is 12.1 Å². The highest BCUT2D eigenvalue weighted by atomic mass is 19.4. The monoisotopic (exact) mass is 199 g/mol. The maximum atomic E-state index is 12.0. The topological polar surface area (TPSA) is 58.6 Å². The summed E-state index contributed by atoms with van der Waals surface area (Å²) in [6.07, 6.45) is -6.33. The van der Waals surface area contributed by atoms with E-state index in [1.54, 1.807) is 0 Å². The van der Waals surface area contributed by atoms with Gasteiger partial charge in [-0.1, -0.05) is 0 Å². The van der Waals surface area contributed by atoms with Crippen molar-refractivity contribution in [1.29, 1.82) is 0 Å². The molecule has 0 aromatic carbocycles. The number of nitrogens with one attached hydrogen (secondary N) is 1. The summed E-state index contributed by atoms with van der Waals surface area (Å²) in [4.78, 5) is 10.3. The first kappa shape index (κ1) is 10.3. The molecule has 1 aliphatic rings. The van der Waals surface area contributed by atoms with Crippen molar-refractivity contribution in [2.24, 2.45) is 0 Å². The van der Waals surface area contributed by atoms with Crippen LogP contribution < -0.4 is 5.32 Å². The van der Waals surface area contributed by atoms with Crippen molar-refractivity contribution in [2.75, 3.05) is 13.2 Å². The van der Waals surface area contributed by atoms with Gasteiger partial charge in [0, 0.05) is 6.54 Å². The van der Waals surface area contributed by atoms with Crippen molar-refractivity contribution < 1.29 is 27.8 Å². The second-order valence-corrected chi connectivity index (χ2v) is 2.66. The van der Waals surface area contributed by atoms with Crippen LogP contribution in [-0.2, 0) is 9.53 Å². The average Bonchev–Trinajstić information content (AvgIpc) is 2.03. The van der Waals surface area contributed by atoms with Gasteiger partial charge in [0.05, 0.1) is 6.61 Å². The number of rotatable bonds is 1. The number of alkyl halides is 3. The first-order valence-electron chi connectivity index (χ1n) is 3.56. The summed E-state index contributed by atoms with van der Waals surface area (Å²) in [5.74, 6) is -1.21. The van der Waals surface area contributed by atoms with Crippen molar-refractivity contribution in [1.82, 2.24) is 5.32 Å². The van der Waals surface area contributed by atoms with Crippen LogP contribution in [0.4, 0.5) is 13.2 Å². The van der Waals surface area contributed by atoms with E-state index in [4.69, 9.17) is 5.11 Å². The van der Waals surface area contributed by atoms with Gasteiger partial charge in [0.1, 0.15) is 6.04 Å². The minimum Gasteiger partial charge on any atom is -0.480 e. The summed E-state index contributed by atoms with van der Waals surface area (Å²) in [6.45, 7) is -0.972. The van der Waals surface area contributed by atoms with Crippen LogP contribution >= 0.6 is 0 Å². The second kappa shape index (κ2) is 3.51. The molecule has 1 rings (SSSR count). The Morgan fingerprint density at radius 1 is 1.54 bits per heavy atom. The van der Waals surface area contributed by atoms with E-state index in [1.807, 2.05) is 0 Å². The highest BCUT2D eigenvalue weighted by molar-refractivity contribution is 5.73. The van der Waals surface area contributed by atoms with Crippen molar-refractivity contribution >= 4 is 5.97 Å². The molecule has 0 aromatic rings. The first-order chi connectivity index (χ1) is 5.91. The fourth-order valence-corrected chi connectivity index (χ4v) is 0.948. The van der Waals surface area contributed by atoms with E-state index in [1.165, 1.54) is 0 Å². The zero-order valence-electron chi connectivity index (χ0n) is 6.47.